The number of carbonyl (C=O) groups excluding carboxylic acids is 1. The van der Waals surface area contributed by atoms with Crippen molar-refractivity contribution in [2.75, 3.05) is 26.2 Å². The van der Waals surface area contributed by atoms with Gasteiger partial charge in [0.1, 0.15) is 5.82 Å². The van der Waals surface area contributed by atoms with Crippen molar-refractivity contribution in [3.63, 3.8) is 0 Å². The minimum absolute atomic E-state index is 0.234. The molecular formula is C17H22F2N2O. The fourth-order valence-electron chi connectivity index (χ4n) is 3.38. The lowest BCUT2D eigenvalue weighted by Gasteiger charge is -2.37. The van der Waals surface area contributed by atoms with Gasteiger partial charge in [0.15, 0.2) is 5.67 Å². The molecule has 3 nitrogen and oxygen atoms in total. The standard InChI is InChI=1S/C17H22F2N2O/c18-15-5-3-4-14(12-15)13-20-10-6-17(19,7-11-20)16(22)21-8-1-2-9-21/h3-5,12H,1-2,6-11,13H2. The van der Waals surface area contributed by atoms with Crippen LogP contribution in [0, 0.1) is 5.82 Å². The number of alkyl halides is 1. The molecule has 1 aromatic rings. The van der Waals surface area contributed by atoms with Gasteiger partial charge < -0.3 is 4.90 Å². The molecule has 0 saturated carbocycles. The van der Waals surface area contributed by atoms with Gasteiger partial charge in [-0.1, -0.05) is 12.1 Å². The lowest BCUT2D eigenvalue weighted by molar-refractivity contribution is -0.146. The second kappa shape index (κ2) is 6.32. The zero-order valence-electron chi connectivity index (χ0n) is 12.7. The second-order valence-electron chi connectivity index (χ2n) is 6.37. The summed E-state index contributed by atoms with van der Waals surface area (Å²) >= 11 is 0. The topological polar surface area (TPSA) is 23.6 Å². The molecule has 0 aliphatic carbocycles. The number of benzene rings is 1. The van der Waals surface area contributed by atoms with E-state index in [0.717, 1.165) is 18.4 Å². The molecule has 2 aliphatic heterocycles. The van der Waals surface area contributed by atoms with Crippen LogP contribution in [0.2, 0.25) is 0 Å². The zero-order chi connectivity index (χ0) is 15.6. The fraction of sp³-hybridized carbons (Fsp3) is 0.588. The van der Waals surface area contributed by atoms with Crippen LogP contribution < -0.4 is 0 Å². The second-order valence-corrected chi connectivity index (χ2v) is 6.37. The summed E-state index contributed by atoms with van der Waals surface area (Å²) in [4.78, 5) is 16.1. The van der Waals surface area contributed by atoms with E-state index >= 15 is 0 Å². The first-order valence-electron chi connectivity index (χ1n) is 8.02. The lowest BCUT2D eigenvalue weighted by atomic mass is 9.91. The quantitative estimate of drug-likeness (QED) is 0.857. The van der Waals surface area contributed by atoms with Gasteiger partial charge in [-0.25, -0.2) is 8.78 Å². The molecule has 1 amide bonds. The number of amides is 1. The van der Waals surface area contributed by atoms with Gasteiger partial charge in [0.2, 0.25) is 0 Å². The molecule has 2 saturated heterocycles. The summed E-state index contributed by atoms with van der Waals surface area (Å²) in [6.45, 7) is 3.06. The third kappa shape index (κ3) is 3.29. The number of rotatable bonds is 3. The maximum atomic E-state index is 14.9. The number of hydrogen-bond acceptors (Lipinski definition) is 2. The Morgan fingerprint density at radius 3 is 2.45 bits per heavy atom. The van der Waals surface area contributed by atoms with Crippen molar-refractivity contribution in [2.24, 2.45) is 0 Å². The van der Waals surface area contributed by atoms with E-state index in [9.17, 15) is 13.6 Å². The van der Waals surface area contributed by atoms with Crippen molar-refractivity contribution in [3.05, 3.63) is 35.6 Å². The molecule has 2 aliphatic rings. The molecule has 5 heteroatoms. The zero-order valence-corrected chi connectivity index (χ0v) is 12.7. The van der Waals surface area contributed by atoms with E-state index in [4.69, 9.17) is 0 Å². The van der Waals surface area contributed by atoms with E-state index in [2.05, 4.69) is 4.90 Å². The molecule has 3 rings (SSSR count). The summed E-state index contributed by atoms with van der Waals surface area (Å²) in [5.41, 5.74) is -0.819. The molecule has 1 aromatic carbocycles. The number of halogens is 2. The van der Waals surface area contributed by atoms with Crippen LogP contribution >= 0.6 is 0 Å². The minimum Gasteiger partial charge on any atom is -0.340 e. The molecule has 0 atom stereocenters. The average molecular weight is 308 g/mol. The Kier molecular flexibility index (Phi) is 4.43. The highest BCUT2D eigenvalue weighted by Crippen LogP contribution is 2.30. The van der Waals surface area contributed by atoms with E-state index in [1.54, 1.807) is 11.0 Å². The normalized spacial score (nSPS) is 22.0. The first kappa shape index (κ1) is 15.4. The van der Waals surface area contributed by atoms with Gasteiger partial charge in [0.25, 0.3) is 5.91 Å². The molecule has 2 fully saturated rings. The summed E-state index contributed by atoms with van der Waals surface area (Å²) in [7, 11) is 0. The van der Waals surface area contributed by atoms with Crippen LogP contribution in [0.15, 0.2) is 24.3 Å². The third-order valence-corrected chi connectivity index (χ3v) is 4.72. The lowest BCUT2D eigenvalue weighted by Crippen LogP contribution is -2.51. The molecule has 22 heavy (non-hydrogen) atoms. The molecule has 0 radical (unpaired) electrons. The van der Waals surface area contributed by atoms with Crippen LogP contribution in [-0.4, -0.2) is 47.6 Å². The van der Waals surface area contributed by atoms with Crippen LogP contribution in [0.25, 0.3) is 0 Å². The van der Waals surface area contributed by atoms with Gasteiger partial charge in [-0.15, -0.1) is 0 Å². The van der Waals surface area contributed by atoms with Crippen molar-refractivity contribution in [1.82, 2.24) is 9.80 Å². The van der Waals surface area contributed by atoms with E-state index in [-0.39, 0.29) is 24.6 Å². The molecule has 0 spiro atoms. The first-order valence-corrected chi connectivity index (χ1v) is 8.02. The number of carbonyl (C=O) groups is 1. The van der Waals surface area contributed by atoms with E-state index in [0.29, 0.717) is 32.7 Å². The predicted octanol–water partition coefficient (Wildman–Crippen LogP) is 2.75. The van der Waals surface area contributed by atoms with Crippen LogP contribution in [-0.2, 0) is 11.3 Å². The van der Waals surface area contributed by atoms with Gasteiger partial charge >= 0.3 is 0 Å². The number of nitrogens with zero attached hydrogens (tertiary/aromatic N) is 2. The molecule has 0 unspecified atom stereocenters. The number of hydrogen-bond donors (Lipinski definition) is 0. The van der Waals surface area contributed by atoms with Crippen LogP contribution in [0.1, 0.15) is 31.2 Å². The van der Waals surface area contributed by atoms with Crippen molar-refractivity contribution < 1.29 is 13.6 Å². The van der Waals surface area contributed by atoms with Crippen LogP contribution in [0.4, 0.5) is 8.78 Å². The van der Waals surface area contributed by atoms with Crippen LogP contribution in [0.5, 0.6) is 0 Å². The summed E-state index contributed by atoms with van der Waals surface area (Å²) in [5, 5.41) is 0. The fourth-order valence-corrected chi connectivity index (χ4v) is 3.38. The van der Waals surface area contributed by atoms with Crippen molar-refractivity contribution >= 4 is 5.91 Å². The summed E-state index contributed by atoms with van der Waals surface area (Å²) in [5.74, 6) is -0.575. The Balaban J connectivity index is 1.56. The predicted molar refractivity (Wildman–Crippen MR) is 80.6 cm³/mol. The summed E-state index contributed by atoms with van der Waals surface area (Å²) < 4.78 is 28.1. The van der Waals surface area contributed by atoms with Crippen molar-refractivity contribution in [1.29, 1.82) is 0 Å². The Bertz CT molecular complexity index is 535. The number of piperidine rings is 1. The molecule has 0 N–H and O–H groups in total. The van der Waals surface area contributed by atoms with Crippen LogP contribution in [0.3, 0.4) is 0 Å². The maximum absolute atomic E-state index is 14.9. The highest BCUT2D eigenvalue weighted by Gasteiger charge is 2.44. The Morgan fingerprint density at radius 1 is 1.14 bits per heavy atom. The van der Waals surface area contributed by atoms with Gasteiger partial charge in [-0.3, -0.25) is 9.69 Å². The monoisotopic (exact) mass is 308 g/mol. The SMILES string of the molecule is O=C(N1CCCC1)C1(F)CCN(Cc2cccc(F)c2)CC1. The summed E-state index contributed by atoms with van der Waals surface area (Å²) in [6, 6.07) is 6.48. The molecule has 2 heterocycles. The van der Waals surface area contributed by atoms with Crippen molar-refractivity contribution in [3.8, 4) is 0 Å². The smallest absolute Gasteiger partial charge is 0.260 e. The maximum Gasteiger partial charge on any atom is 0.260 e. The van der Waals surface area contributed by atoms with Gasteiger partial charge in [0, 0.05) is 45.6 Å². The Hall–Kier alpha value is -1.49. The van der Waals surface area contributed by atoms with Crippen molar-refractivity contribution in [2.45, 2.75) is 37.9 Å². The first-order chi connectivity index (χ1) is 10.6. The van der Waals surface area contributed by atoms with E-state index < -0.39 is 5.67 Å². The van der Waals surface area contributed by atoms with Gasteiger partial charge in [-0.2, -0.15) is 0 Å². The highest BCUT2D eigenvalue weighted by molar-refractivity contribution is 5.85. The van der Waals surface area contributed by atoms with E-state index in [1.807, 2.05) is 6.07 Å². The molecule has 120 valence electrons. The average Bonchev–Trinajstić information content (AvgIpc) is 3.03. The number of likely N-dealkylation sites (tertiary alicyclic amines) is 2. The highest BCUT2D eigenvalue weighted by atomic mass is 19.1. The largest absolute Gasteiger partial charge is 0.340 e. The molecular weight excluding hydrogens is 286 g/mol. The third-order valence-electron chi connectivity index (χ3n) is 4.72. The summed E-state index contributed by atoms with van der Waals surface area (Å²) in [6.07, 6.45) is 2.43. The Labute approximate surface area is 129 Å². The van der Waals surface area contributed by atoms with Gasteiger partial charge in [-0.05, 0) is 30.5 Å². The van der Waals surface area contributed by atoms with E-state index in [1.165, 1.54) is 12.1 Å². The minimum atomic E-state index is -1.71. The van der Waals surface area contributed by atoms with Gasteiger partial charge in [0.05, 0.1) is 0 Å². The molecule has 0 bridgehead atoms. The molecule has 0 aromatic heterocycles. The Morgan fingerprint density at radius 2 is 1.82 bits per heavy atom.